The Hall–Kier alpha value is -3.77. The van der Waals surface area contributed by atoms with Gasteiger partial charge in [-0.05, 0) is 36.2 Å². The molecule has 1 aliphatic heterocycles. The summed E-state index contributed by atoms with van der Waals surface area (Å²) in [5.41, 5.74) is 1.60. The third kappa shape index (κ3) is 4.22. The van der Waals surface area contributed by atoms with E-state index in [1.165, 1.54) is 28.8 Å². The van der Waals surface area contributed by atoms with Gasteiger partial charge in [0.2, 0.25) is 10.0 Å². The van der Waals surface area contributed by atoms with Crippen LogP contribution in [0.1, 0.15) is 6.42 Å². The Bertz CT molecular complexity index is 1510. The fraction of sp³-hybridized carbons (Fsp3) is 0.292. The van der Waals surface area contributed by atoms with Crippen LogP contribution < -0.4 is 14.4 Å². The molecular formula is C24H25FN6O4S. The lowest BCUT2D eigenvalue weighted by Crippen LogP contribution is -2.36. The van der Waals surface area contributed by atoms with Crippen molar-refractivity contribution in [2.75, 3.05) is 45.3 Å². The van der Waals surface area contributed by atoms with Crippen molar-refractivity contribution < 1.29 is 22.3 Å². The third-order valence-corrected chi connectivity index (χ3v) is 8.12. The van der Waals surface area contributed by atoms with Gasteiger partial charge in [-0.2, -0.15) is 18.9 Å². The van der Waals surface area contributed by atoms with Crippen LogP contribution in [0, 0.1) is 5.82 Å². The SMILES string of the molecule is COc1ccc(-c2cnc3ncnn3c2N2CCCN(S(=O)(=O)c3ccccc3F)CC2)cc1OC. The molecule has 0 bridgehead atoms. The lowest BCUT2D eigenvalue weighted by atomic mass is 10.1. The van der Waals surface area contributed by atoms with Gasteiger partial charge < -0.3 is 14.4 Å². The number of benzene rings is 2. The summed E-state index contributed by atoms with van der Waals surface area (Å²) in [5.74, 6) is 1.57. The highest BCUT2D eigenvalue weighted by Crippen LogP contribution is 2.37. The number of halogens is 1. The monoisotopic (exact) mass is 512 g/mol. The summed E-state index contributed by atoms with van der Waals surface area (Å²) in [4.78, 5) is 10.4. The van der Waals surface area contributed by atoms with Crippen molar-refractivity contribution in [1.29, 1.82) is 0 Å². The van der Waals surface area contributed by atoms with E-state index in [2.05, 4.69) is 20.0 Å². The topological polar surface area (TPSA) is 102 Å². The molecule has 0 spiro atoms. The molecule has 36 heavy (non-hydrogen) atoms. The fourth-order valence-corrected chi connectivity index (χ4v) is 5.95. The second kappa shape index (κ2) is 9.70. The van der Waals surface area contributed by atoms with E-state index in [-0.39, 0.29) is 18.0 Å². The molecule has 1 aliphatic rings. The van der Waals surface area contributed by atoms with Crippen LogP contribution in [0.25, 0.3) is 16.9 Å². The van der Waals surface area contributed by atoms with E-state index in [0.717, 1.165) is 23.0 Å². The van der Waals surface area contributed by atoms with Gasteiger partial charge in [-0.15, -0.1) is 0 Å². The molecule has 4 aromatic rings. The molecule has 0 atom stereocenters. The van der Waals surface area contributed by atoms with Gasteiger partial charge in [-0.1, -0.05) is 18.2 Å². The van der Waals surface area contributed by atoms with E-state index in [1.54, 1.807) is 24.9 Å². The van der Waals surface area contributed by atoms with Crippen molar-refractivity contribution in [3.8, 4) is 22.6 Å². The quantitative estimate of drug-likeness (QED) is 0.389. The van der Waals surface area contributed by atoms with E-state index in [4.69, 9.17) is 9.47 Å². The first kappa shape index (κ1) is 23.9. The Morgan fingerprint density at radius 1 is 0.944 bits per heavy atom. The summed E-state index contributed by atoms with van der Waals surface area (Å²) in [6, 6.07) is 11.0. The van der Waals surface area contributed by atoms with Crippen LogP contribution in [-0.4, -0.2) is 72.7 Å². The van der Waals surface area contributed by atoms with Gasteiger partial charge >= 0.3 is 0 Å². The number of rotatable bonds is 6. The maximum absolute atomic E-state index is 14.3. The van der Waals surface area contributed by atoms with Gasteiger partial charge in [0, 0.05) is 37.9 Å². The van der Waals surface area contributed by atoms with Crippen LogP contribution in [0.4, 0.5) is 10.2 Å². The number of ether oxygens (including phenoxy) is 2. The second-order valence-corrected chi connectivity index (χ2v) is 10.1. The first-order chi connectivity index (χ1) is 17.4. The molecule has 1 fully saturated rings. The van der Waals surface area contributed by atoms with Crippen molar-refractivity contribution in [3.63, 3.8) is 0 Å². The van der Waals surface area contributed by atoms with Crippen LogP contribution in [0.5, 0.6) is 11.5 Å². The summed E-state index contributed by atoms with van der Waals surface area (Å²) in [7, 11) is -0.834. The van der Waals surface area contributed by atoms with Crippen LogP contribution in [0.2, 0.25) is 0 Å². The molecular weight excluding hydrogens is 487 g/mol. The van der Waals surface area contributed by atoms with Crippen molar-refractivity contribution in [1.82, 2.24) is 23.9 Å². The number of sulfonamides is 1. The number of fused-ring (bicyclic) bond motifs is 1. The molecule has 2 aromatic heterocycles. The van der Waals surface area contributed by atoms with Crippen LogP contribution in [-0.2, 0) is 10.0 Å². The smallest absolute Gasteiger partial charge is 0.254 e. The Kier molecular flexibility index (Phi) is 6.46. The molecule has 0 aliphatic carbocycles. The molecule has 10 nitrogen and oxygen atoms in total. The van der Waals surface area contributed by atoms with Crippen molar-refractivity contribution in [3.05, 3.63) is 60.8 Å². The maximum atomic E-state index is 14.3. The Morgan fingerprint density at radius 2 is 1.75 bits per heavy atom. The van der Waals surface area contributed by atoms with Gasteiger partial charge in [0.15, 0.2) is 11.5 Å². The van der Waals surface area contributed by atoms with E-state index in [0.29, 0.717) is 36.8 Å². The molecule has 0 unspecified atom stereocenters. The van der Waals surface area contributed by atoms with Crippen molar-refractivity contribution in [2.24, 2.45) is 0 Å². The summed E-state index contributed by atoms with van der Waals surface area (Å²) < 4.78 is 54.5. The molecule has 188 valence electrons. The predicted molar refractivity (Wildman–Crippen MR) is 131 cm³/mol. The zero-order chi connectivity index (χ0) is 25.3. The van der Waals surface area contributed by atoms with Crippen molar-refractivity contribution >= 4 is 21.6 Å². The normalized spacial score (nSPS) is 15.1. The molecule has 0 radical (unpaired) electrons. The Balaban J connectivity index is 1.52. The number of hydrogen-bond acceptors (Lipinski definition) is 8. The lowest BCUT2D eigenvalue weighted by molar-refractivity contribution is 0.355. The number of aromatic nitrogens is 4. The van der Waals surface area contributed by atoms with E-state index >= 15 is 0 Å². The van der Waals surface area contributed by atoms with Gasteiger partial charge in [0.25, 0.3) is 5.78 Å². The van der Waals surface area contributed by atoms with Gasteiger partial charge in [0.1, 0.15) is 22.9 Å². The van der Waals surface area contributed by atoms with Crippen molar-refractivity contribution in [2.45, 2.75) is 11.3 Å². The highest BCUT2D eigenvalue weighted by molar-refractivity contribution is 7.89. The minimum Gasteiger partial charge on any atom is -0.493 e. The van der Waals surface area contributed by atoms with Gasteiger partial charge in [-0.3, -0.25) is 0 Å². The maximum Gasteiger partial charge on any atom is 0.254 e. The first-order valence-electron chi connectivity index (χ1n) is 11.3. The van der Waals surface area contributed by atoms with E-state index in [1.807, 2.05) is 18.2 Å². The van der Waals surface area contributed by atoms with Crippen LogP contribution in [0.3, 0.4) is 0 Å². The molecule has 12 heteroatoms. The first-order valence-corrected chi connectivity index (χ1v) is 12.8. The average molecular weight is 513 g/mol. The molecule has 0 N–H and O–H groups in total. The molecule has 3 heterocycles. The van der Waals surface area contributed by atoms with Gasteiger partial charge in [0.05, 0.1) is 14.2 Å². The fourth-order valence-electron chi connectivity index (χ4n) is 4.42. The molecule has 1 saturated heterocycles. The highest BCUT2D eigenvalue weighted by atomic mass is 32.2. The largest absolute Gasteiger partial charge is 0.493 e. The number of nitrogens with zero attached hydrogens (tertiary/aromatic N) is 6. The molecule has 0 amide bonds. The summed E-state index contributed by atoms with van der Waals surface area (Å²) in [6.45, 7) is 1.38. The minimum atomic E-state index is -3.98. The number of methoxy groups -OCH3 is 2. The summed E-state index contributed by atoms with van der Waals surface area (Å²) >= 11 is 0. The highest BCUT2D eigenvalue weighted by Gasteiger charge is 2.30. The molecule has 5 rings (SSSR count). The van der Waals surface area contributed by atoms with Crippen LogP contribution in [0.15, 0.2) is 59.9 Å². The Labute approximate surface area is 208 Å². The number of anilines is 1. The average Bonchev–Trinajstić information content (AvgIpc) is 3.23. The van der Waals surface area contributed by atoms with E-state index in [9.17, 15) is 12.8 Å². The summed E-state index contributed by atoms with van der Waals surface area (Å²) in [5, 5.41) is 4.38. The minimum absolute atomic E-state index is 0.181. The predicted octanol–water partition coefficient (Wildman–Crippen LogP) is 2.85. The molecule has 2 aromatic carbocycles. The third-order valence-electron chi connectivity index (χ3n) is 6.18. The second-order valence-electron chi connectivity index (χ2n) is 8.21. The summed E-state index contributed by atoms with van der Waals surface area (Å²) in [6.07, 6.45) is 3.69. The number of hydrogen-bond donors (Lipinski definition) is 0. The lowest BCUT2D eigenvalue weighted by Gasteiger charge is -2.26. The Morgan fingerprint density at radius 3 is 2.53 bits per heavy atom. The zero-order valence-electron chi connectivity index (χ0n) is 19.8. The standard InChI is InChI=1S/C24H25FN6O4S/c1-34-20-9-8-17(14-21(20)35-2)18-15-26-24-27-16-28-31(24)23(18)29-10-5-11-30(13-12-29)36(32,33)22-7-4-3-6-19(22)25/h3-4,6-9,14-16H,5,10-13H2,1-2H3. The van der Waals surface area contributed by atoms with E-state index < -0.39 is 15.8 Å². The van der Waals surface area contributed by atoms with Gasteiger partial charge in [-0.25, -0.2) is 17.8 Å². The molecule has 0 saturated carbocycles. The van der Waals surface area contributed by atoms with Crippen LogP contribution >= 0.6 is 0 Å². The zero-order valence-corrected chi connectivity index (χ0v) is 20.7.